The van der Waals surface area contributed by atoms with Crippen molar-refractivity contribution in [3.63, 3.8) is 0 Å². The first-order chi connectivity index (χ1) is 11.6. The molecule has 128 valence electrons. The average molecular weight is 329 g/mol. The summed E-state index contributed by atoms with van der Waals surface area (Å²) < 4.78 is 10.8. The summed E-state index contributed by atoms with van der Waals surface area (Å²) >= 11 is 0. The van der Waals surface area contributed by atoms with Gasteiger partial charge in [-0.25, -0.2) is 0 Å². The first-order valence-electron chi connectivity index (χ1n) is 8.40. The minimum atomic E-state index is 0.0229. The highest BCUT2D eigenvalue weighted by Crippen LogP contribution is 2.27. The standard InChI is InChI=1S/C18H23N3O3/c1-13-5-3-4-6-16(13)21(2)17(22)11-23-15-9-7-14(8-10-15)18-20-19-12-24-18/h7-10,12-13,16H,3-6,11H2,1-2H3/t13-,16-/m1/s1. The molecule has 1 aliphatic rings. The van der Waals surface area contributed by atoms with Crippen molar-refractivity contribution in [1.82, 2.24) is 15.1 Å². The molecular weight excluding hydrogens is 306 g/mol. The van der Waals surface area contributed by atoms with E-state index in [1.54, 1.807) is 12.1 Å². The summed E-state index contributed by atoms with van der Waals surface area (Å²) in [5, 5.41) is 7.51. The third-order valence-electron chi connectivity index (χ3n) is 4.78. The van der Waals surface area contributed by atoms with Gasteiger partial charge in [0, 0.05) is 18.7 Å². The summed E-state index contributed by atoms with van der Waals surface area (Å²) in [4.78, 5) is 14.2. The van der Waals surface area contributed by atoms with Gasteiger partial charge in [-0.15, -0.1) is 10.2 Å². The molecule has 1 aromatic carbocycles. The molecule has 0 radical (unpaired) electrons. The van der Waals surface area contributed by atoms with Gasteiger partial charge in [-0.1, -0.05) is 19.8 Å². The Morgan fingerprint density at radius 3 is 2.71 bits per heavy atom. The molecule has 2 atom stereocenters. The van der Waals surface area contributed by atoms with Crippen LogP contribution in [-0.4, -0.2) is 40.7 Å². The molecule has 1 amide bonds. The SMILES string of the molecule is C[C@@H]1CCCC[C@H]1N(C)C(=O)COc1ccc(-c2nnco2)cc1. The second-order valence-electron chi connectivity index (χ2n) is 6.39. The molecule has 1 fully saturated rings. The summed E-state index contributed by atoms with van der Waals surface area (Å²) in [5.41, 5.74) is 0.819. The van der Waals surface area contributed by atoms with Gasteiger partial charge >= 0.3 is 0 Å². The van der Waals surface area contributed by atoms with E-state index in [0.717, 1.165) is 12.0 Å². The van der Waals surface area contributed by atoms with Crippen molar-refractivity contribution in [2.24, 2.45) is 5.92 Å². The third-order valence-corrected chi connectivity index (χ3v) is 4.78. The molecule has 0 unspecified atom stereocenters. The molecule has 0 bridgehead atoms. The average Bonchev–Trinajstić information content (AvgIpc) is 3.14. The Kier molecular flexibility index (Phi) is 5.13. The fraction of sp³-hybridized carbons (Fsp3) is 0.500. The molecule has 1 saturated carbocycles. The minimum Gasteiger partial charge on any atom is -0.484 e. The number of rotatable bonds is 5. The molecule has 3 rings (SSSR count). The van der Waals surface area contributed by atoms with E-state index in [9.17, 15) is 4.79 Å². The van der Waals surface area contributed by atoms with Gasteiger partial charge in [0.2, 0.25) is 12.3 Å². The maximum atomic E-state index is 12.4. The van der Waals surface area contributed by atoms with Gasteiger partial charge in [-0.3, -0.25) is 4.79 Å². The fourth-order valence-corrected chi connectivity index (χ4v) is 3.30. The molecule has 6 heteroatoms. The zero-order valence-electron chi connectivity index (χ0n) is 14.1. The van der Waals surface area contributed by atoms with Crippen LogP contribution in [0.5, 0.6) is 5.75 Å². The van der Waals surface area contributed by atoms with Gasteiger partial charge in [-0.05, 0) is 43.0 Å². The number of ether oxygens (including phenoxy) is 1. The van der Waals surface area contributed by atoms with E-state index in [0.29, 0.717) is 23.6 Å². The van der Waals surface area contributed by atoms with E-state index in [4.69, 9.17) is 9.15 Å². The fourth-order valence-electron chi connectivity index (χ4n) is 3.30. The zero-order valence-corrected chi connectivity index (χ0v) is 14.1. The first-order valence-corrected chi connectivity index (χ1v) is 8.40. The van der Waals surface area contributed by atoms with Crippen LogP contribution in [0.4, 0.5) is 0 Å². The first kappa shape index (κ1) is 16.5. The number of hydrogen-bond acceptors (Lipinski definition) is 5. The van der Waals surface area contributed by atoms with Gasteiger partial charge < -0.3 is 14.1 Å². The summed E-state index contributed by atoms with van der Waals surface area (Å²) in [6, 6.07) is 7.60. The molecule has 2 aromatic rings. The van der Waals surface area contributed by atoms with Gasteiger partial charge in [0.15, 0.2) is 6.61 Å². The van der Waals surface area contributed by atoms with Crippen LogP contribution in [0, 0.1) is 5.92 Å². The number of amides is 1. The number of likely N-dealkylation sites (N-methyl/N-ethyl adjacent to an activating group) is 1. The predicted molar refractivity (Wildman–Crippen MR) is 89.4 cm³/mol. The number of benzene rings is 1. The summed E-state index contributed by atoms with van der Waals surface area (Å²) in [7, 11) is 1.89. The van der Waals surface area contributed by atoms with Crippen LogP contribution in [0.3, 0.4) is 0 Å². The number of hydrogen-bond donors (Lipinski definition) is 0. The van der Waals surface area contributed by atoms with E-state index in [1.165, 1.54) is 25.7 Å². The van der Waals surface area contributed by atoms with Crippen molar-refractivity contribution in [1.29, 1.82) is 0 Å². The Morgan fingerprint density at radius 2 is 2.04 bits per heavy atom. The second kappa shape index (κ2) is 7.47. The lowest BCUT2D eigenvalue weighted by molar-refractivity contribution is -0.135. The van der Waals surface area contributed by atoms with E-state index in [1.807, 2.05) is 24.1 Å². The Labute approximate surface area is 141 Å². The Balaban J connectivity index is 1.54. The van der Waals surface area contributed by atoms with Crippen LogP contribution in [0.25, 0.3) is 11.5 Å². The third kappa shape index (κ3) is 3.75. The van der Waals surface area contributed by atoms with Gasteiger partial charge in [0.25, 0.3) is 5.91 Å². The maximum absolute atomic E-state index is 12.4. The Hall–Kier alpha value is -2.37. The van der Waals surface area contributed by atoms with Gasteiger partial charge in [0.05, 0.1) is 0 Å². The monoisotopic (exact) mass is 329 g/mol. The van der Waals surface area contributed by atoms with Crippen molar-refractivity contribution >= 4 is 5.91 Å². The molecule has 1 aliphatic carbocycles. The summed E-state index contributed by atoms with van der Waals surface area (Å²) in [6.07, 6.45) is 6.04. The lowest BCUT2D eigenvalue weighted by Crippen LogP contribution is -2.44. The lowest BCUT2D eigenvalue weighted by atomic mass is 9.85. The topological polar surface area (TPSA) is 68.5 Å². The molecule has 0 saturated heterocycles. The predicted octanol–water partition coefficient (Wildman–Crippen LogP) is 3.15. The normalized spacial score (nSPS) is 20.6. The van der Waals surface area contributed by atoms with Crippen molar-refractivity contribution in [3.8, 4) is 17.2 Å². The molecule has 1 aromatic heterocycles. The van der Waals surface area contributed by atoms with E-state index >= 15 is 0 Å². The smallest absolute Gasteiger partial charge is 0.260 e. The number of nitrogens with zero attached hydrogens (tertiary/aromatic N) is 3. The number of aromatic nitrogens is 2. The van der Waals surface area contributed by atoms with E-state index < -0.39 is 0 Å². The second-order valence-corrected chi connectivity index (χ2v) is 6.39. The van der Waals surface area contributed by atoms with Crippen LogP contribution >= 0.6 is 0 Å². The van der Waals surface area contributed by atoms with Crippen molar-refractivity contribution < 1.29 is 13.9 Å². The zero-order chi connectivity index (χ0) is 16.9. The molecule has 0 N–H and O–H groups in total. The minimum absolute atomic E-state index is 0.0229. The van der Waals surface area contributed by atoms with Crippen molar-refractivity contribution in [2.45, 2.75) is 38.6 Å². The Bertz CT molecular complexity index is 655. The van der Waals surface area contributed by atoms with E-state index in [2.05, 4.69) is 17.1 Å². The summed E-state index contributed by atoms with van der Waals surface area (Å²) in [5.74, 6) is 1.69. The van der Waals surface area contributed by atoms with E-state index in [-0.39, 0.29) is 12.5 Å². The molecule has 0 spiro atoms. The highest BCUT2D eigenvalue weighted by molar-refractivity contribution is 5.77. The van der Waals surface area contributed by atoms with Crippen LogP contribution in [0.1, 0.15) is 32.6 Å². The molecule has 6 nitrogen and oxygen atoms in total. The van der Waals surface area contributed by atoms with Crippen molar-refractivity contribution in [3.05, 3.63) is 30.7 Å². The number of carbonyl (C=O) groups is 1. The van der Waals surface area contributed by atoms with Crippen LogP contribution < -0.4 is 4.74 Å². The molecular formula is C18H23N3O3. The molecule has 0 aliphatic heterocycles. The van der Waals surface area contributed by atoms with Crippen LogP contribution in [-0.2, 0) is 4.79 Å². The largest absolute Gasteiger partial charge is 0.484 e. The quantitative estimate of drug-likeness (QED) is 0.843. The van der Waals surface area contributed by atoms with Crippen molar-refractivity contribution in [2.75, 3.05) is 13.7 Å². The van der Waals surface area contributed by atoms with Gasteiger partial charge in [-0.2, -0.15) is 0 Å². The van der Waals surface area contributed by atoms with Gasteiger partial charge in [0.1, 0.15) is 5.75 Å². The summed E-state index contributed by atoms with van der Waals surface area (Å²) in [6.45, 7) is 2.28. The number of carbonyl (C=O) groups excluding carboxylic acids is 1. The highest BCUT2D eigenvalue weighted by Gasteiger charge is 2.27. The highest BCUT2D eigenvalue weighted by atomic mass is 16.5. The van der Waals surface area contributed by atoms with Crippen LogP contribution in [0.2, 0.25) is 0 Å². The molecule has 24 heavy (non-hydrogen) atoms. The maximum Gasteiger partial charge on any atom is 0.260 e. The van der Waals surface area contributed by atoms with Crippen LogP contribution in [0.15, 0.2) is 35.1 Å². The molecule has 1 heterocycles. The lowest BCUT2D eigenvalue weighted by Gasteiger charge is -2.36. The Morgan fingerprint density at radius 1 is 1.29 bits per heavy atom.